The van der Waals surface area contributed by atoms with Crippen molar-refractivity contribution >= 4 is 65.2 Å². The number of thiazole rings is 2. The number of carbonyl (C=O) groups is 2. The second-order valence-electron chi connectivity index (χ2n) is 7.54. The maximum atomic E-state index is 15.1. The van der Waals surface area contributed by atoms with E-state index in [2.05, 4.69) is 31.2 Å². The highest BCUT2D eigenvalue weighted by Gasteiger charge is 2.20. The molecule has 10 nitrogen and oxygen atoms in total. The number of hydrogen-bond donors (Lipinski definition) is 5. The van der Waals surface area contributed by atoms with E-state index in [1.165, 1.54) is 22.7 Å². The summed E-state index contributed by atoms with van der Waals surface area (Å²) in [6.45, 7) is 3.27. The van der Waals surface area contributed by atoms with Crippen LogP contribution in [-0.2, 0) is 9.59 Å². The van der Waals surface area contributed by atoms with E-state index in [1.807, 2.05) is 11.0 Å². The zero-order valence-electron chi connectivity index (χ0n) is 17.9. The van der Waals surface area contributed by atoms with Crippen molar-refractivity contribution in [2.45, 2.75) is 12.8 Å². The van der Waals surface area contributed by atoms with Crippen LogP contribution in [0.15, 0.2) is 6.07 Å². The van der Waals surface area contributed by atoms with Crippen LogP contribution in [0.3, 0.4) is 0 Å². The molecular weight excluding hydrogens is 469 g/mol. The summed E-state index contributed by atoms with van der Waals surface area (Å²) in [5.41, 5.74) is 0.419. The van der Waals surface area contributed by atoms with Gasteiger partial charge in [0.05, 0.1) is 29.1 Å². The molecule has 0 atom stereocenters. The predicted octanol–water partition coefficient (Wildman–Crippen LogP) is 1.19. The van der Waals surface area contributed by atoms with Crippen molar-refractivity contribution in [3.8, 4) is 0 Å². The average Bonchev–Trinajstić information content (AvgIpc) is 3.55. The van der Waals surface area contributed by atoms with Gasteiger partial charge in [0.25, 0.3) is 0 Å². The van der Waals surface area contributed by atoms with Crippen LogP contribution in [0.4, 0.5) is 14.7 Å². The summed E-state index contributed by atoms with van der Waals surface area (Å²) in [6.07, 6.45) is 2.07. The number of likely N-dealkylation sites (tertiary alicyclic amines) is 1. The summed E-state index contributed by atoms with van der Waals surface area (Å²) in [5.74, 6) is -0.695. The topological polar surface area (TPSA) is 132 Å². The number of halogens is 1. The van der Waals surface area contributed by atoms with Crippen LogP contribution in [-0.4, -0.2) is 84.2 Å². The van der Waals surface area contributed by atoms with Gasteiger partial charge in [0.15, 0.2) is 16.1 Å². The first-order valence-corrected chi connectivity index (χ1v) is 12.4. The summed E-state index contributed by atoms with van der Waals surface area (Å²) >= 11 is 2.56. The standard InChI is InChI=1S/C20H26FN7O3S2/c21-16-17-12(32-19(26-17)24-10-14(30)23-4-3-22-5-8-29)9-13-18(16)27-20(33-13)25-11-15(31)28-6-1-2-7-28/h9,22,29H,1-8,10-11H2,(H,23,30)(H,24,26)(H,25,27). The van der Waals surface area contributed by atoms with Crippen LogP contribution in [0.2, 0.25) is 0 Å². The predicted molar refractivity (Wildman–Crippen MR) is 129 cm³/mol. The lowest BCUT2D eigenvalue weighted by Crippen LogP contribution is -2.35. The highest BCUT2D eigenvalue weighted by molar-refractivity contribution is 7.24. The quantitative estimate of drug-likeness (QED) is 0.251. The minimum Gasteiger partial charge on any atom is -0.395 e. The zero-order chi connectivity index (χ0) is 23.2. The second-order valence-corrected chi connectivity index (χ2v) is 9.60. The molecule has 0 unspecified atom stereocenters. The van der Waals surface area contributed by atoms with Gasteiger partial charge in [0.2, 0.25) is 11.8 Å². The summed E-state index contributed by atoms with van der Waals surface area (Å²) in [5, 5.41) is 21.3. The summed E-state index contributed by atoms with van der Waals surface area (Å²) in [7, 11) is 0. The molecular formula is C20H26FN7O3S2. The van der Waals surface area contributed by atoms with E-state index < -0.39 is 5.82 Å². The maximum Gasteiger partial charge on any atom is 0.241 e. The monoisotopic (exact) mass is 495 g/mol. The number of aliphatic hydroxyl groups excluding tert-OH is 1. The van der Waals surface area contributed by atoms with Crippen molar-refractivity contribution in [3.63, 3.8) is 0 Å². The van der Waals surface area contributed by atoms with Gasteiger partial charge in [-0.15, -0.1) is 0 Å². The van der Waals surface area contributed by atoms with Gasteiger partial charge in [0, 0.05) is 32.7 Å². The van der Waals surface area contributed by atoms with E-state index in [4.69, 9.17) is 5.11 Å². The molecule has 0 aliphatic carbocycles. The molecule has 1 saturated heterocycles. The minimum atomic E-state index is -0.513. The fraction of sp³-hybridized carbons (Fsp3) is 0.500. The summed E-state index contributed by atoms with van der Waals surface area (Å²) < 4.78 is 16.4. The molecule has 1 aliphatic heterocycles. The Hall–Kier alpha value is -2.61. The number of fused-ring (bicyclic) bond motifs is 2. The number of carbonyl (C=O) groups excluding carboxylic acids is 2. The van der Waals surface area contributed by atoms with Crippen LogP contribution in [0, 0.1) is 5.82 Å². The maximum absolute atomic E-state index is 15.1. The first-order valence-electron chi connectivity index (χ1n) is 10.8. The van der Waals surface area contributed by atoms with E-state index in [0.717, 1.165) is 25.9 Å². The number of rotatable bonds is 11. The number of hydrogen-bond acceptors (Lipinski definition) is 10. The van der Waals surface area contributed by atoms with Gasteiger partial charge < -0.3 is 31.3 Å². The number of aromatic nitrogens is 2. The number of aliphatic hydroxyl groups is 1. The number of benzene rings is 1. The highest BCUT2D eigenvalue weighted by atomic mass is 32.1. The van der Waals surface area contributed by atoms with E-state index >= 15 is 4.39 Å². The molecule has 1 aromatic carbocycles. The number of nitrogens with zero attached hydrogens (tertiary/aromatic N) is 3. The van der Waals surface area contributed by atoms with E-state index in [9.17, 15) is 9.59 Å². The van der Waals surface area contributed by atoms with Gasteiger partial charge in [-0.2, -0.15) is 0 Å². The van der Waals surface area contributed by atoms with Crippen LogP contribution in [0.5, 0.6) is 0 Å². The van der Waals surface area contributed by atoms with Crippen molar-refractivity contribution in [1.29, 1.82) is 0 Å². The smallest absolute Gasteiger partial charge is 0.241 e. The summed E-state index contributed by atoms with van der Waals surface area (Å²) in [6, 6.07) is 1.83. The van der Waals surface area contributed by atoms with E-state index in [-0.39, 0.29) is 42.5 Å². The Kier molecular flexibility index (Phi) is 7.85. The molecule has 1 aliphatic rings. The van der Waals surface area contributed by atoms with Gasteiger partial charge in [-0.1, -0.05) is 22.7 Å². The molecule has 0 radical (unpaired) electrons. The van der Waals surface area contributed by atoms with E-state index in [0.29, 0.717) is 39.3 Å². The number of anilines is 2. The third-order valence-corrected chi connectivity index (χ3v) is 7.07. The Morgan fingerprint density at radius 2 is 1.64 bits per heavy atom. The van der Waals surface area contributed by atoms with Gasteiger partial charge in [-0.3, -0.25) is 9.59 Å². The zero-order valence-corrected chi connectivity index (χ0v) is 19.6. The van der Waals surface area contributed by atoms with Crippen molar-refractivity contribution in [3.05, 3.63) is 11.9 Å². The molecule has 13 heteroatoms. The molecule has 0 saturated carbocycles. The van der Waals surface area contributed by atoms with Crippen LogP contribution in [0.25, 0.3) is 20.4 Å². The third-order valence-electron chi connectivity index (χ3n) is 5.15. The molecule has 5 N–H and O–H groups in total. The molecule has 1 fully saturated rings. The van der Waals surface area contributed by atoms with Crippen molar-refractivity contribution < 1.29 is 19.1 Å². The minimum absolute atomic E-state index is 0.0210. The van der Waals surface area contributed by atoms with Gasteiger partial charge >= 0.3 is 0 Å². The lowest BCUT2D eigenvalue weighted by molar-refractivity contribution is -0.128. The molecule has 3 heterocycles. The molecule has 2 aromatic heterocycles. The first-order chi connectivity index (χ1) is 16.0. The Bertz CT molecular complexity index is 1130. The lowest BCUT2D eigenvalue weighted by Gasteiger charge is -2.14. The fourth-order valence-corrected chi connectivity index (χ4v) is 5.37. The molecule has 0 bridgehead atoms. The summed E-state index contributed by atoms with van der Waals surface area (Å²) in [4.78, 5) is 34.6. The Labute approximate surface area is 197 Å². The second kappa shape index (κ2) is 11.0. The molecule has 33 heavy (non-hydrogen) atoms. The van der Waals surface area contributed by atoms with Crippen molar-refractivity contribution in [2.75, 3.05) is 63.1 Å². The van der Waals surface area contributed by atoms with Crippen LogP contribution >= 0.6 is 22.7 Å². The molecule has 0 spiro atoms. The third kappa shape index (κ3) is 5.85. The SMILES string of the molecule is O=C(CNc1nc2c(F)c3nc(NCC(=O)N4CCCC4)sc3cc2s1)NCCNCCO. The van der Waals surface area contributed by atoms with Gasteiger partial charge in [-0.25, -0.2) is 14.4 Å². The number of amides is 2. The largest absolute Gasteiger partial charge is 0.395 e. The molecule has 178 valence electrons. The first kappa shape index (κ1) is 23.5. The Morgan fingerprint density at radius 1 is 1.00 bits per heavy atom. The normalized spacial score (nSPS) is 13.7. The van der Waals surface area contributed by atoms with Crippen molar-refractivity contribution in [1.82, 2.24) is 25.5 Å². The lowest BCUT2D eigenvalue weighted by atomic mass is 10.3. The molecule has 4 rings (SSSR count). The molecule has 2 amide bonds. The fourth-order valence-electron chi connectivity index (χ4n) is 3.50. The van der Waals surface area contributed by atoms with Gasteiger partial charge in [0.1, 0.15) is 11.0 Å². The van der Waals surface area contributed by atoms with Crippen LogP contribution < -0.4 is 21.3 Å². The number of nitrogens with one attached hydrogen (secondary N) is 4. The average molecular weight is 496 g/mol. The highest BCUT2D eigenvalue weighted by Crippen LogP contribution is 2.36. The van der Waals surface area contributed by atoms with E-state index in [1.54, 1.807) is 0 Å². The van der Waals surface area contributed by atoms with Gasteiger partial charge in [-0.05, 0) is 18.9 Å². The van der Waals surface area contributed by atoms with Crippen molar-refractivity contribution in [2.24, 2.45) is 0 Å². The Morgan fingerprint density at radius 3 is 2.27 bits per heavy atom. The Balaban J connectivity index is 1.35. The van der Waals surface area contributed by atoms with Crippen LogP contribution in [0.1, 0.15) is 12.8 Å². The molecule has 3 aromatic rings.